The van der Waals surface area contributed by atoms with Crippen molar-refractivity contribution in [3.05, 3.63) is 66.6 Å². The van der Waals surface area contributed by atoms with Crippen molar-refractivity contribution in [2.45, 2.75) is 0 Å². The van der Waals surface area contributed by atoms with Crippen LogP contribution in [0.3, 0.4) is 0 Å². The first-order valence-electron chi connectivity index (χ1n) is 7.62. The summed E-state index contributed by atoms with van der Waals surface area (Å²) in [5.74, 6) is -0.190. The molecule has 1 aromatic carbocycles. The molecule has 122 valence electrons. The highest BCUT2D eigenvalue weighted by atomic mass is 16.3. The number of benzene rings is 1. The number of aliphatic hydroxyl groups is 1. The smallest absolute Gasteiger partial charge is 0.257 e. The molecule has 0 saturated heterocycles. The van der Waals surface area contributed by atoms with Gasteiger partial charge < -0.3 is 10.0 Å². The number of hydrogen-bond donors (Lipinski definition) is 1. The standard InChI is InChI=1S/C18H18N4O2/c1-21(10-11-23)18(24)16-13-22(15-7-3-2-4-8-15)20-17(16)14-6-5-9-19-12-14/h2-9,12-13,23H,10-11H2,1H3. The van der Waals surface area contributed by atoms with Gasteiger partial charge in [-0.3, -0.25) is 9.78 Å². The molecule has 0 fully saturated rings. The van der Waals surface area contributed by atoms with Gasteiger partial charge in [-0.05, 0) is 24.3 Å². The maximum atomic E-state index is 12.7. The fraction of sp³-hybridized carbons (Fsp3) is 0.167. The zero-order chi connectivity index (χ0) is 16.9. The van der Waals surface area contributed by atoms with Crippen LogP contribution in [-0.4, -0.2) is 50.9 Å². The summed E-state index contributed by atoms with van der Waals surface area (Å²) in [7, 11) is 1.66. The second-order valence-corrected chi connectivity index (χ2v) is 5.36. The number of nitrogens with zero attached hydrogens (tertiary/aromatic N) is 4. The number of para-hydroxylation sites is 1. The van der Waals surface area contributed by atoms with Crippen LogP contribution in [0.15, 0.2) is 61.1 Å². The third-order valence-corrected chi connectivity index (χ3v) is 3.68. The maximum Gasteiger partial charge on any atom is 0.257 e. The fourth-order valence-corrected chi connectivity index (χ4v) is 2.42. The molecule has 0 bridgehead atoms. The summed E-state index contributed by atoms with van der Waals surface area (Å²) in [5, 5.41) is 13.7. The number of rotatable bonds is 5. The molecule has 2 heterocycles. The highest BCUT2D eigenvalue weighted by molar-refractivity contribution is 5.99. The van der Waals surface area contributed by atoms with E-state index in [-0.39, 0.29) is 19.1 Å². The number of pyridine rings is 1. The molecule has 0 atom stereocenters. The summed E-state index contributed by atoms with van der Waals surface area (Å²) in [5.41, 5.74) is 2.68. The lowest BCUT2D eigenvalue weighted by Gasteiger charge is -2.15. The second-order valence-electron chi connectivity index (χ2n) is 5.36. The van der Waals surface area contributed by atoms with Gasteiger partial charge in [-0.15, -0.1) is 0 Å². The van der Waals surface area contributed by atoms with Crippen LogP contribution in [0.25, 0.3) is 16.9 Å². The van der Waals surface area contributed by atoms with Gasteiger partial charge in [0.2, 0.25) is 0 Å². The van der Waals surface area contributed by atoms with Gasteiger partial charge in [0.1, 0.15) is 5.69 Å². The molecule has 1 amide bonds. The Morgan fingerprint density at radius 3 is 2.67 bits per heavy atom. The minimum Gasteiger partial charge on any atom is -0.395 e. The van der Waals surface area contributed by atoms with Gasteiger partial charge >= 0.3 is 0 Å². The van der Waals surface area contributed by atoms with Gasteiger partial charge in [-0.1, -0.05) is 18.2 Å². The normalized spacial score (nSPS) is 10.6. The van der Waals surface area contributed by atoms with Crippen molar-refractivity contribution in [1.29, 1.82) is 0 Å². The minimum atomic E-state index is -0.190. The van der Waals surface area contributed by atoms with Crippen molar-refractivity contribution in [3.8, 4) is 16.9 Å². The predicted octanol–water partition coefficient (Wildman–Crippen LogP) is 2.00. The lowest BCUT2D eigenvalue weighted by atomic mass is 10.1. The number of aromatic nitrogens is 3. The first kappa shape index (κ1) is 15.9. The van der Waals surface area contributed by atoms with E-state index in [4.69, 9.17) is 5.11 Å². The van der Waals surface area contributed by atoms with E-state index in [2.05, 4.69) is 10.1 Å². The van der Waals surface area contributed by atoms with E-state index in [1.165, 1.54) is 4.90 Å². The van der Waals surface area contributed by atoms with Gasteiger partial charge in [-0.25, -0.2) is 4.68 Å². The molecular weight excluding hydrogens is 304 g/mol. The molecule has 0 radical (unpaired) electrons. The number of carbonyl (C=O) groups is 1. The van der Waals surface area contributed by atoms with E-state index in [1.54, 1.807) is 30.3 Å². The first-order chi connectivity index (χ1) is 11.7. The third-order valence-electron chi connectivity index (χ3n) is 3.68. The number of likely N-dealkylation sites (N-methyl/N-ethyl adjacent to an activating group) is 1. The summed E-state index contributed by atoms with van der Waals surface area (Å²) in [6, 6.07) is 13.3. The second kappa shape index (κ2) is 7.06. The van der Waals surface area contributed by atoms with E-state index in [0.29, 0.717) is 11.3 Å². The molecule has 0 unspecified atom stereocenters. The molecule has 24 heavy (non-hydrogen) atoms. The van der Waals surface area contributed by atoms with Crippen molar-refractivity contribution in [2.24, 2.45) is 0 Å². The molecule has 6 heteroatoms. The van der Waals surface area contributed by atoms with Crippen molar-refractivity contribution in [3.63, 3.8) is 0 Å². The van der Waals surface area contributed by atoms with Gasteiger partial charge in [-0.2, -0.15) is 5.10 Å². The number of amides is 1. The third kappa shape index (κ3) is 3.18. The van der Waals surface area contributed by atoms with Crippen molar-refractivity contribution >= 4 is 5.91 Å². The Labute approximate surface area is 140 Å². The fourth-order valence-electron chi connectivity index (χ4n) is 2.42. The van der Waals surface area contributed by atoms with Crippen LogP contribution in [0, 0.1) is 0 Å². The minimum absolute atomic E-state index is 0.0860. The van der Waals surface area contributed by atoms with Gasteiger partial charge in [0.15, 0.2) is 0 Å². The Morgan fingerprint density at radius 2 is 2.00 bits per heavy atom. The lowest BCUT2D eigenvalue weighted by molar-refractivity contribution is 0.0767. The van der Waals surface area contributed by atoms with Crippen LogP contribution in [-0.2, 0) is 0 Å². The highest BCUT2D eigenvalue weighted by Gasteiger charge is 2.21. The summed E-state index contributed by atoms with van der Waals surface area (Å²) in [4.78, 5) is 18.3. The average molecular weight is 322 g/mol. The summed E-state index contributed by atoms with van der Waals surface area (Å²) in [6.07, 6.45) is 5.07. The Bertz CT molecular complexity index is 816. The predicted molar refractivity (Wildman–Crippen MR) is 90.8 cm³/mol. The van der Waals surface area contributed by atoms with E-state index in [0.717, 1.165) is 11.3 Å². The molecule has 6 nitrogen and oxygen atoms in total. The van der Waals surface area contributed by atoms with Gasteiger partial charge in [0.05, 0.1) is 17.9 Å². The SMILES string of the molecule is CN(CCO)C(=O)c1cn(-c2ccccc2)nc1-c1cccnc1. The van der Waals surface area contributed by atoms with Crippen molar-refractivity contribution < 1.29 is 9.90 Å². The Morgan fingerprint density at radius 1 is 1.21 bits per heavy atom. The Kier molecular flexibility index (Phi) is 4.67. The van der Waals surface area contributed by atoms with Crippen LogP contribution in [0.1, 0.15) is 10.4 Å². The first-order valence-corrected chi connectivity index (χ1v) is 7.62. The number of carbonyl (C=O) groups excluding carboxylic acids is 1. The summed E-state index contributed by atoms with van der Waals surface area (Å²) < 4.78 is 1.68. The number of hydrogen-bond acceptors (Lipinski definition) is 4. The van der Waals surface area contributed by atoms with E-state index >= 15 is 0 Å². The summed E-state index contributed by atoms with van der Waals surface area (Å²) >= 11 is 0. The zero-order valence-corrected chi connectivity index (χ0v) is 13.3. The molecule has 0 spiro atoms. The van der Waals surface area contributed by atoms with E-state index < -0.39 is 0 Å². The van der Waals surface area contributed by atoms with E-state index in [9.17, 15) is 4.79 Å². The lowest BCUT2D eigenvalue weighted by Crippen LogP contribution is -2.29. The quantitative estimate of drug-likeness (QED) is 0.780. The zero-order valence-electron chi connectivity index (χ0n) is 13.3. The molecule has 0 aliphatic heterocycles. The van der Waals surface area contributed by atoms with Crippen LogP contribution >= 0.6 is 0 Å². The maximum absolute atomic E-state index is 12.7. The molecule has 3 rings (SSSR count). The van der Waals surface area contributed by atoms with Crippen LogP contribution in [0.2, 0.25) is 0 Å². The summed E-state index contributed by atoms with van der Waals surface area (Å²) in [6.45, 7) is 0.180. The van der Waals surface area contributed by atoms with Crippen LogP contribution in [0.4, 0.5) is 0 Å². The molecular formula is C18H18N4O2. The molecule has 2 aromatic heterocycles. The molecule has 0 saturated carbocycles. The largest absolute Gasteiger partial charge is 0.395 e. The molecule has 0 aliphatic rings. The Hall–Kier alpha value is -2.99. The van der Waals surface area contributed by atoms with Gasteiger partial charge in [0.25, 0.3) is 5.91 Å². The Balaban J connectivity index is 2.09. The van der Waals surface area contributed by atoms with Crippen molar-refractivity contribution in [2.75, 3.05) is 20.2 Å². The number of aliphatic hydroxyl groups excluding tert-OH is 1. The molecule has 3 aromatic rings. The van der Waals surface area contributed by atoms with Gasteiger partial charge in [0, 0.05) is 37.7 Å². The van der Waals surface area contributed by atoms with E-state index in [1.807, 2.05) is 42.5 Å². The molecule has 1 N–H and O–H groups in total. The monoisotopic (exact) mass is 322 g/mol. The molecule has 0 aliphatic carbocycles. The van der Waals surface area contributed by atoms with Crippen LogP contribution in [0.5, 0.6) is 0 Å². The van der Waals surface area contributed by atoms with Crippen LogP contribution < -0.4 is 0 Å². The average Bonchev–Trinajstić information content (AvgIpc) is 3.08. The highest BCUT2D eigenvalue weighted by Crippen LogP contribution is 2.24. The van der Waals surface area contributed by atoms with Crippen molar-refractivity contribution in [1.82, 2.24) is 19.7 Å². The topological polar surface area (TPSA) is 71.2 Å².